The Balaban J connectivity index is 1.63. The van der Waals surface area contributed by atoms with Gasteiger partial charge in [0.2, 0.25) is 0 Å². The van der Waals surface area contributed by atoms with Crippen LogP contribution < -0.4 is 0 Å². The molecule has 0 saturated heterocycles. The van der Waals surface area contributed by atoms with Crippen LogP contribution >= 0.6 is 23.2 Å². The molecule has 25 heavy (non-hydrogen) atoms. The second-order valence-electron chi connectivity index (χ2n) is 6.28. The number of rotatable bonds is 3. The van der Waals surface area contributed by atoms with Crippen LogP contribution in [-0.4, -0.2) is 24.6 Å². The summed E-state index contributed by atoms with van der Waals surface area (Å²) in [5.74, 6) is 1.66. The van der Waals surface area contributed by atoms with Crippen molar-refractivity contribution in [3.05, 3.63) is 56.7 Å². The summed E-state index contributed by atoms with van der Waals surface area (Å²) in [5, 5.41) is 5.61. The Bertz CT molecular complexity index is 1110. The number of imidazole rings is 1. The highest BCUT2D eigenvalue weighted by Gasteiger charge is 2.13. The number of nitrogens with one attached hydrogen (secondary N) is 1. The summed E-state index contributed by atoms with van der Waals surface area (Å²) in [6, 6.07) is 5.89. The summed E-state index contributed by atoms with van der Waals surface area (Å²) in [6.07, 6.45) is 1.40. The highest BCUT2D eigenvalue weighted by Crippen LogP contribution is 2.25. The van der Waals surface area contributed by atoms with Crippen LogP contribution in [0.3, 0.4) is 0 Å². The van der Waals surface area contributed by atoms with Crippen LogP contribution in [0.15, 0.2) is 18.2 Å². The van der Waals surface area contributed by atoms with E-state index in [0.29, 0.717) is 22.1 Å². The summed E-state index contributed by atoms with van der Waals surface area (Å²) >= 11 is 12.4. The van der Waals surface area contributed by atoms with E-state index in [1.165, 1.54) is 11.1 Å². The maximum absolute atomic E-state index is 6.22. The zero-order valence-corrected chi connectivity index (χ0v) is 15.7. The van der Waals surface area contributed by atoms with E-state index in [1.54, 1.807) is 10.6 Å². The number of halogens is 2. The molecule has 0 radical (unpaired) electrons. The van der Waals surface area contributed by atoms with Crippen molar-refractivity contribution in [3.8, 4) is 0 Å². The van der Waals surface area contributed by atoms with Gasteiger partial charge in [0.1, 0.15) is 5.82 Å². The van der Waals surface area contributed by atoms with Crippen molar-refractivity contribution in [1.29, 1.82) is 0 Å². The van der Waals surface area contributed by atoms with Gasteiger partial charge in [-0.25, -0.2) is 14.5 Å². The number of aromatic nitrogens is 5. The Hall–Kier alpha value is -2.11. The minimum absolute atomic E-state index is 0.504. The Morgan fingerprint density at radius 3 is 2.64 bits per heavy atom. The smallest absolute Gasteiger partial charge is 0.174 e. The van der Waals surface area contributed by atoms with Crippen LogP contribution in [0.2, 0.25) is 10.0 Å². The second-order valence-corrected chi connectivity index (χ2v) is 7.09. The number of hydrogen-bond donors (Lipinski definition) is 1. The zero-order chi connectivity index (χ0) is 17.7. The molecule has 3 aromatic heterocycles. The molecule has 128 valence electrons. The van der Waals surface area contributed by atoms with Crippen molar-refractivity contribution in [2.24, 2.45) is 0 Å². The monoisotopic (exact) mass is 373 g/mol. The molecule has 0 aliphatic carbocycles. The van der Waals surface area contributed by atoms with Crippen LogP contribution in [-0.2, 0) is 12.8 Å². The lowest BCUT2D eigenvalue weighted by Gasteiger charge is -2.01. The molecule has 1 N–H and O–H groups in total. The van der Waals surface area contributed by atoms with E-state index in [0.717, 1.165) is 34.8 Å². The molecule has 4 aromatic rings. The number of pyridine rings is 1. The summed E-state index contributed by atoms with van der Waals surface area (Å²) in [6.45, 7) is 6.09. The molecule has 0 aliphatic rings. The van der Waals surface area contributed by atoms with Gasteiger partial charge < -0.3 is 4.98 Å². The predicted molar refractivity (Wildman–Crippen MR) is 101 cm³/mol. The van der Waals surface area contributed by atoms with Gasteiger partial charge in [0.25, 0.3) is 0 Å². The maximum Gasteiger partial charge on any atom is 0.174 e. The molecule has 4 rings (SSSR count). The molecule has 3 heterocycles. The van der Waals surface area contributed by atoms with Crippen LogP contribution in [0.5, 0.6) is 0 Å². The third kappa shape index (κ3) is 2.77. The van der Waals surface area contributed by atoms with Gasteiger partial charge in [0.05, 0.1) is 26.8 Å². The number of benzene rings is 1. The van der Waals surface area contributed by atoms with E-state index in [2.05, 4.69) is 41.0 Å². The van der Waals surface area contributed by atoms with Crippen molar-refractivity contribution in [2.45, 2.75) is 33.6 Å². The third-order valence-corrected chi connectivity index (χ3v) is 5.26. The molecule has 0 amide bonds. The molecule has 0 fully saturated rings. The second kappa shape index (κ2) is 6.00. The topological polar surface area (TPSA) is 58.9 Å². The average Bonchev–Trinajstić information content (AvgIpc) is 3.19. The quantitative estimate of drug-likeness (QED) is 0.569. The number of aryl methyl sites for hydroxylation is 5. The molecule has 0 saturated carbocycles. The maximum atomic E-state index is 6.22. The van der Waals surface area contributed by atoms with Gasteiger partial charge >= 0.3 is 0 Å². The Morgan fingerprint density at radius 1 is 1.04 bits per heavy atom. The molecule has 5 nitrogen and oxygen atoms in total. The van der Waals surface area contributed by atoms with Gasteiger partial charge in [-0.05, 0) is 44.0 Å². The van der Waals surface area contributed by atoms with Crippen LogP contribution in [0, 0.1) is 20.8 Å². The predicted octanol–water partition coefficient (Wildman–Crippen LogP) is 4.62. The summed E-state index contributed by atoms with van der Waals surface area (Å²) in [5.41, 5.74) is 6.01. The molecular formula is C18H17Cl2N5. The van der Waals surface area contributed by atoms with Gasteiger partial charge in [-0.3, -0.25) is 0 Å². The van der Waals surface area contributed by atoms with E-state index in [1.807, 2.05) is 6.92 Å². The lowest BCUT2D eigenvalue weighted by atomic mass is 10.1. The number of hydrogen-bond acceptors (Lipinski definition) is 3. The summed E-state index contributed by atoms with van der Waals surface area (Å²) < 4.78 is 1.70. The van der Waals surface area contributed by atoms with Crippen molar-refractivity contribution in [1.82, 2.24) is 24.6 Å². The third-order valence-electron chi connectivity index (χ3n) is 4.59. The number of fused-ring (bicyclic) bond motifs is 2. The highest BCUT2D eigenvalue weighted by atomic mass is 35.5. The molecule has 1 aromatic carbocycles. The largest absolute Gasteiger partial charge is 0.342 e. The van der Waals surface area contributed by atoms with Crippen molar-refractivity contribution in [3.63, 3.8) is 0 Å². The molecule has 7 heteroatoms. The van der Waals surface area contributed by atoms with E-state index in [-0.39, 0.29) is 0 Å². The summed E-state index contributed by atoms with van der Waals surface area (Å²) in [7, 11) is 0. The lowest BCUT2D eigenvalue weighted by Crippen LogP contribution is -1.98. The van der Waals surface area contributed by atoms with Crippen molar-refractivity contribution >= 4 is 39.9 Å². The number of aromatic amines is 1. The van der Waals surface area contributed by atoms with E-state index < -0.39 is 0 Å². The molecule has 0 bridgehead atoms. The molecule has 0 spiro atoms. The van der Waals surface area contributed by atoms with Crippen LogP contribution in [0.1, 0.15) is 28.5 Å². The Kier molecular flexibility index (Phi) is 3.93. The first-order valence-electron chi connectivity index (χ1n) is 8.09. The minimum atomic E-state index is 0.504. The first kappa shape index (κ1) is 16.4. The Morgan fingerprint density at radius 2 is 1.84 bits per heavy atom. The fourth-order valence-corrected chi connectivity index (χ4v) is 3.42. The standard InChI is InChI=1S/C18H17Cl2N5/c1-9-4-5-14-17(10(9)2)22-15(21-14)6-7-16-23-18-13(20)8-12(19)11(3)25(18)24-16/h4-5,8H,6-7H2,1-3H3,(H,21,22). The highest BCUT2D eigenvalue weighted by molar-refractivity contribution is 6.36. The van der Waals surface area contributed by atoms with Crippen LogP contribution in [0.4, 0.5) is 0 Å². The average molecular weight is 374 g/mol. The Labute approximate surface area is 155 Å². The van der Waals surface area contributed by atoms with E-state index in [4.69, 9.17) is 28.2 Å². The van der Waals surface area contributed by atoms with Crippen molar-refractivity contribution in [2.75, 3.05) is 0 Å². The molecular weight excluding hydrogens is 357 g/mol. The summed E-state index contributed by atoms with van der Waals surface area (Å²) in [4.78, 5) is 12.6. The van der Waals surface area contributed by atoms with Gasteiger partial charge in [0, 0.05) is 12.8 Å². The van der Waals surface area contributed by atoms with E-state index in [9.17, 15) is 0 Å². The molecule has 0 unspecified atom stereocenters. The minimum Gasteiger partial charge on any atom is -0.342 e. The van der Waals surface area contributed by atoms with Gasteiger partial charge in [-0.1, -0.05) is 29.3 Å². The SMILES string of the molecule is Cc1ccc2[nH]c(CCc3nc4c(Cl)cc(Cl)c(C)n4n3)nc2c1C. The fraction of sp³-hybridized carbons (Fsp3) is 0.278. The zero-order valence-electron chi connectivity index (χ0n) is 14.2. The first-order chi connectivity index (χ1) is 11.9. The molecule has 0 aliphatic heterocycles. The lowest BCUT2D eigenvalue weighted by molar-refractivity contribution is 0.801. The van der Waals surface area contributed by atoms with Crippen molar-refractivity contribution < 1.29 is 0 Å². The van der Waals surface area contributed by atoms with Crippen LogP contribution in [0.25, 0.3) is 16.7 Å². The van der Waals surface area contributed by atoms with Gasteiger partial charge in [-0.15, -0.1) is 0 Å². The van der Waals surface area contributed by atoms with E-state index >= 15 is 0 Å². The fourth-order valence-electron chi connectivity index (χ4n) is 2.94. The first-order valence-corrected chi connectivity index (χ1v) is 8.84. The number of nitrogens with zero attached hydrogens (tertiary/aromatic N) is 4. The molecule has 0 atom stereocenters. The van der Waals surface area contributed by atoms with Gasteiger partial charge in [0.15, 0.2) is 11.5 Å². The number of H-pyrrole nitrogens is 1. The van der Waals surface area contributed by atoms with Gasteiger partial charge in [-0.2, -0.15) is 5.10 Å². The normalized spacial score (nSPS) is 11.7.